The van der Waals surface area contributed by atoms with E-state index in [0.717, 1.165) is 0 Å². The Bertz CT molecular complexity index is 984. The van der Waals surface area contributed by atoms with Crippen molar-refractivity contribution < 1.29 is 28.5 Å². The number of nitrogens with zero attached hydrogens (tertiary/aromatic N) is 1. The largest absolute Gasteiger partial charge is 0.497 e. The molecular weight excluding hydrogens is 400 g/mol. The van der Waals surface area contributed by atoms with E-state index in [-0.39, 0.29) is 24.1 Å². The molecule has 2 aromatic carbocycles. The van der Waals surface area contributed by atoms with Crippen LogP contribution in [0.15, 0.2) is 48.2 Å². The van der Waals surface area contributed by atoms with E-state index in [2.05, 4.69) is 5.32 Å². The van der Waals surface area contributed by atoms with Gasteiger partial charge >= 0.3 is 0 Å². The minimum absolute atomic E-state index is 0.208. The van der Waals surface area contributed by atoms with Gasteiger partial charge in [-0.25, -0.2) is 0 Å². The van der Waals surface area contributed by atoms with Crippen LogP contribution in [0.4, 0.5) is 5.69 Å². The summed E-state index contributed by atoms with van der Waals surface area (Å²) < 4.78 is 20.9. The fourth-order valence-electron chi connectivity index (χ4n) is 3.35. The number of nitrogens with one attached hydrogen (secondary N) is 1. The van der Waals surface area contributed by atoms with Gasteiger partial charge in [-0.05, 0) is 36.2 Å². The van der Waals surface area contributed by atoms with E-state index in [9.17, 15) is 9.59 Å². The highest BCUT2D eigenvalue weighted by Gasteiger charge is 2.39. The summed E-state index contributed by atoms with van der Waals surface area (Å²) in [5.74, 6) is 0.990. The molecule has 0 spiro atoms. The third-order valence-electron chi connectivity index (χ3n) is 4.93. The SMILES string of the molecule is COCCCN1C(=O)C(Nc2ccc(OC)c(OC)c2)=C(c2ccc(OC)cc2)C1=O. The highest BCUT2D eigenvalue weighted by Crippen LogP contribution is 2.34. The van der Waals surface area contributed by atoms with Gasteiger partial charge in [0.2, 0.25) is 0 Å². The monoisotopic (exact) mass is 426 g/mol. The van der Waals surface area contributed by atoms with Crippen molar-refractivity contribution in [3.8, 4) is 17.2 Å². The topological polar surface area (TPSA) is 86.3 Å². The highest BCUT2D eigenvalue weighted by molar-refractivity contribution is 6.36. The molecule has 1 aliphatic heterocycles. The Kier molecular flexibility index (Phi) is 7.15. The molecule has 1 heterocycles. The molecule has 8 nitrogen and oxygen atoms in total. The van der Waals surface area contributed by atoms with Crippen LogP contribution in [-0.2, 0) is 14.3 Å². The lowest BCUT2D eigenvalue weighted by atomic mass is 10.0. The summed E-state index contributed by atoms with van der Waals surface area (Å²) in [5, 5.41) is 3.11. The van der Waals surface area contributed by atoms with E-state index in [1.54, 1.807) is 63.8 Å². The lowest BCUT2D eigenvalue weighted by Gasteiger charge is -2.15. The van der Waals surface area contributed by atoms with Gasteiger partial charge < -0.3 is 24.3 Å². The summed E-state index contributed by atoms with van der Waals surface area (Å²) in [5.41, 5.74) is 1.73. The zero-order valence-electron chi connectivity index (χ0n) is 18.1. The number of imide groups is 1. The number of rotatable bonds is 10. The maximum Gasteiger partial charge on any atom is 0.278 e. The van der Waals surface area contributed by atoms with E-state index < -0.39 is 0 Å². The Balaban J connectivity index is 2.00. The maximum absolute atomic E-state index is 13.2. The molecule has 1 aliphatic rings. The van der Waals surface area contributed by atoms with Crippen molar-refractivity contribution in [2.45, 2.75) is 6.42 Å². The maximum atomic E-state index is 13.2. The van der Waals surface area contributed by atoms with Crippen LogP contribution in [0.2, 0.25) is 0 Å². The molecule has 0 aromatic heterocycles. The third-order valence-corrected chi connectivity index (χ3v) is 4.93. The quantitative estimate of drug-likeness (QED) is 0.462. The number of carbonyl (C=O) groups is 2. The van der Waals surface area contributed by atoms with E-state index in [1.165, 1.54) is 12.0 Å². The number of methoxy groups -OCH3 is 4. The van der Waals surface area contributed by atoms with Crippen LogP contribution in [0.25, 0.3) is 5.57 Å². The molecule has 2 amide bonds. The van der Waals surface area contributed by atoms with Gasteiger partial charge in [0.15, 0.2) is 11.5 Å². The van der Waals surface area contributed by atoms with Crippen molar-refractivity contribution in [2.75, 3.05) is 46.9 Å². The number of ether oxygens (including phenoxy) is 4. The number of amides is 2. The molecular formula is C23H26N2O6. The molecule has 0 atom stereocenters. The minimum Gasteiger partial charge on any atom is -0.497 e. The number of carbonyl (C=O) groups excluding carboxylic acids is 2. The van der Waals surface area contributed by atoms with Crippen molar-refractivity contribution in [3.05, 3.63) is 53.7 Å². The van der Waals surface area contributed by atoms with Crippen LogP contribution in [0.5, 0.6) is 17.2 Å². The van der Waals surface area contributed by atoms with Crippen LogP contribution in [0.3, 0.4) is 0 Å². The number of benzene rings is 2. The Morgan fingerprint density at radius 2 is 1.55 bits per heavy atom. The predicted octanol–water partition coefficient (Wildman–Crippen LogP) is 2.94. The lowest BCUT2D eigenvalue weighted by Crippen LogP contribution is -2.33. The average Bonchev–Trinajstić information content (AvgIpc) is 3.03. The second-order valence-corrected chi connectivity index (χ2v) is 6.78. The minimum atomic E-state index is -0.387. The molecule has 1 N–H and O–H groups in total. The first kappa shape index (κ1) is 22.2. The van der Waals surface area contributed by atoms with Crippen molar-refractivity contribution in [2.24, 2.45) is 0 Å². The van der Waals surface area contributed by atoms with Crippen LogP contribution in [-0.4, -0.2) is 58.3 Å². The smallest absolute Gasteiger partial charge is 0.278 e. The van der Waals surface area contributed by atoms with E-state index in [0.29, 0.717) is 47.1 Å². The first-order chi connectivity index (χ1) is 15.0. The second kappa shape index (κ2) is 9.99. The Hall–Kier alpha value is -3.52. The van der Waals surface area contributed by atoms with Gasteiger partial charge in [-0.1, -0.05) is 12.1 Å². The second-order valence-electron chi connectivity index (χ2n) is 6.78. The summed E-state index contributed by atoms with van der Waals surface area (Å²) in [6.07, 6.45) is 0.549. The molecule has 31 heavy (non-hydrogen) atoms. The van der Waals surface area contributed by atoms with Gasteiger partial charge in [-0.2, -0.15) is 0 Å². The highest BCUT2D eigenvalue weighted by atomic mass is 16.5. The van der Waals surface area contributed by atoms with Gasteiger partial charge in [0, 0.05) is 32.0 Å². The van der Waals surface area contributed by atoms with Crippen molar-refractivity contribution in [1.82, 2.24) is 4.90 Å². The zero-order valence-corrected chi connectivity index (χ0v) is 18.1. The summed E-state index contributed by atoms with van der Waals surface area (Å²) in [6, 6.07) is 12.2. The summed E-state index contributed by atoms with van der Waals surface area (Å²) in [7, 11) is 6.23. The summed E-state index contributed by atoms with van der Waals surface area (Å²) in [6.45, 7) is 0.718. The number of hydrogen-bond acceptors (Lipinski definition) is 7. The predicted molar refractivity (Wildman–Crippen MR) is 116 cm³/mol. The average molecular weight is 426 g/mol. The molecule has 164 valence electrons. The number of hydrogen-bond donors (Lipinski definition) is 1. The van der Waals surface area contributed by atoms with Gasteiger partial charge in [0.05, 0.1) is 26.9 Å². The van der Waals surface area contributed by atoms with Gasteiger partial charge in [0.1, 0.15) is 11.4 Å². The molecule has 0 fully saturated rings. The number of anilines is 1. The fraction of sp³-hybridized carbons (Fsp3) is 0.304. The summed E-state index contributed by atoms with van der Waals surface area (Å²) >= 11 is 0. The van der Waals surface area contributed by atoms with Gasteiger partial charge in [-0.3, -0.25) is 14.5 Å². The molecule has 0 unspecified atom stereocenters. The summed E-state index contributed by atoms with van der Waals surface area (Å²) in [4.78, 5) is 27.6. The van der Waals surface area contributed by atoms with Gasteiger partial charge in [0.25, 0.3) is 11.8 Å². The Morgan fingerprint density at radius 3 is 2.16 bits per heavy atom. The molecule has 8 heteroatoms. The molecule has 0 saturated carbocycles. The van der Waals surface area contributed by atoms with Crippen LogP contribution < -0.4 is 19.5 Å². The van der Waals surface area contributed by atoms with Crippen molar-refractivity contribution >= 4 is 23.1 Å². The van der Waals surface area contributed by atoms with E-state index in [1.807, 2.05) is 0 Å². The molecule has 0 aliphatic carbocycles. The van der Waals surface area contributed by atoms with Gasteiger partial charge in [-0.15, -0.1) is 0 Å². The van der Waals surface area contributed by atoms with E-state index in [4.69, 9.17) is 18.9 Å². The molecule has 0 bridgehead atoms. The van der Waals surface area contributed by atoms with Crippen LogP contribution >= 0.6 is 0 Å². The van der Waals surface area contributed by atoms with Crippen molar-refractivity contribution in [1.29, 1.82) is 0 Å². The molecule has 2 aromatic rings. The Labute approximate surface area is 181 Å². The fourth-order valence-corrected chi connectivity index (χ4v) is 3.35. The first-order valence-electron chi connectivity index (χ1n) is 9.77. The zero-order chi connectivity index (χ0) is 22.4. The standard InChI is InChI=1S/C23H26N2O6/c1-28-13-5-12-25-22(26)20(15-6-9-17(29-2)10-7-15)21(23(25)27)24-16-8-11-18(30-3)19(14-16)31-4/h6-11,14,24H,5,12-13H2,1-4H3. The Morgan fingerprint density at radius 1 is 0.839 bits per heavy atom. The molecule has 0 saturated heterocycles. The molecule has 3 rings (SSSR count). The molecule has 0 radical (unpaired) electrons. The third kappa shape index (κ3) is 4.64. The first-order valence-corrected chi connectivity index (χ1v) is 9.77. The van der Waals surface area contributed by atoms with Crippen LogP contribution in [0, 0.1) is 0 Å². The lowest BCUT2D eigenvalue weighted by molar-refractivity contribution is -0.136. The van der Waals surface area contributed by atoms with Crippen molar-refractivity contribution in [3.63, 3.8) is 0 Å². The van der Waals surface area contributed by atoms with E-state index >= 15 is 0 Å². The van der Waals surface area contributed by atoms with Crippen LogP contribution in [0.1, 0.15) is 12.0 Å². The normalized spacial score (nSPS) is 13.6.